The van der Waals surface area contributed by atoms with Crippen LogP contribution in [0.25, 0.3) is 0 Å². The van der Waals surface area contributed by atoms with E-state index >= 15 is 0 Å². The van der Waals surface area contributed by atoms with Gasteiger partial charge in [0, 0.05) is 25.5 Å². The lowest BCUT2D eigenvalue weighted by molar-refractivity contribution is -0.129. The molecule has 0 saturated carbocycles. The van der Waals surface area contributed by atoms with E-state index in [2.05, 4.69) is 5.32 Å². The second-order valence-corrected chi connectivity index (χ2v) is 4.17. The number of rotatable bonds is 3. The van der Waals surface area contributed by atoms with Crippen LogP contribution in [0.2, 0.25) is 0 Å². The molecule has 16 heavy (non-hydrogen) atoms. The average molecular weight is 221 g/mol. The third kappa shape index (κ3) is 2.89. The molecule has 0 saturated heterocycles. The number of carbonyl (C=O) groups excluding carboxylic acids is 1. The molecule has 1 unspecified atom stereocenters. The van der Waals surface area contributed by atoms with E-state index in [0.29, 0.717) is 5.69 Å². The summed E-state index contributed by atoms with van der Waals surface area (Å²) < 4.78 is 0. The first-order valence-corrected chi connectivity index (χ1v) is 5.25. The van der Waals surface area contributed by atoms with Crippen molar-refractivity contribution in [1.82, 2.24) is 4.90 Å². The molecule has 1 aromatic carbocycles. The van der Waals surface area contributed by atoms with E-state index in [4.69, 9.17) is 5.73 Å². The zero-order valence-electron chi connectivity index (χ0n) is 10.2. The van der Waals surface area contributed by atoms with Gasteiger partial charge < -0.3 is 16.0 Å². The second-order valence-electron chi connectivity index (χ2n) is 4.17. The number of anilines is 2. The highest BCUT2D eigenvalue weighted by Crippen LogP contribution is 2.19. The first kappa shape index (κ1) is 12.4. The molecule has 3 N–H and O–H groups in total. The summed E-state index contributed by atoms with van der Waals surface area (Å²) >= 11 is 0. The van der Waals surface area contributed by atoms with Crippen molar-refractivity contribution in [3.05, 3.63) is 23.8 Å². The van der Waals surface area contributed by atoms with E-state index in [1.807, 2.05) is 32.0 Å². The van der Waals surface area contributed by atoms with Crippen molar-refractivity contribution in [1.29, 1.82) is 0 Å². The largest absolute Gasteiger partial charge is 0.399 e. The minimum atomic E-state index is -0.254. The quantitative estimate of drug-likeness (QED) is 0.760. The molecule has 4 nitrogen and oxygen atoms in total. The molecule has 1 amide bonds. The fourth-order valence-electron chi connectivity index (χ4n) is 1.48. The Bertz CT molecular complexity index is 388. The molecule has 0 aliphatic heterocycles. The number of hydrogen-bond acceptors (Lipinski definition) is 3. The maximum Gasteiger partial charge on any atom is 0.244 e. The smallest absolute Gasteiger partial charge is 0.244 e. The van der Waals surface area contributed by atoms with E-state index < -0.39 is 0 Å². The Morgan fingerprint density at radius 2 is 2.06 bits per heavy atom. The lowest BCUT2D eigenvalue weighted by Gasteiger charge is -2.20. The van der Waals surface area contributed by atoms with Gasteiger partial charge in [0.2, 0.25) is 5.91 Å². The third-order valence-electron chi connectivity index (χ3n) is 2.44. The first-order valence-electron chi connectivity index (χ1n) is 5.25. The topological polar surface area (TPSA) is 58.4 Å². The predicted octanol–water partition coefficient (Wildman–Crippen LogP) is 1.47. The molecule has 0 bridgehead atoms. The lowest BCUT2D eigenvalue weighted by atomic mass is 10.1. The van der Waals surface area contributed by atoms with Crippen LogP contribution in [-0.4, -0.2) is 30.9 Å². The van der Waals surface area contributed by atoms with E-state index in [1.165, 1.54) is 0 Å². The minimum absolute atomic E-state index is 0.0434. The Balaban J connectivity index is 2.80. The van der Waals surface area contributed by atoms with Crippen LogP contribution in [0.5, 0.6) is 0 Å². The molecular formula is C12H19N3O. The van der Waals surface area contributed by atoms with Crippen LogP contribution >= 0.6 is 0 Å². The van der Waals surface area contributed by atoms with Crippen LogP contribution in [0.4, 0.5) is 11.4 Å². The zero-order chi connectivity index (χ0) is 12.3. The number of nitrogens with two attached hydrogens (primary N) is 1. The number of hydrogen-bond donors (Lipinski definition) is 2. The highest BCUT2D eigenvalue weighted by molar-refractivity contribution is 5.84. The Kier molecular flexibility index (Phi) is 3.77. The molecular weight excluding hydrogens is 202 g/mol. The molecule has 0 fully saturated rings. The molecule has 88 valence electrons. The van der Waals surface area contributed by atoms with Gasteiger partial charge in [-0.15, -0.1) is 0 Å². The molecule has 1 aromatic rings. The van der Waals surface area contributed by atoms with Gasteiger partial charge in [0.1, 0.15) is 6.04 Å². The summed E-state index contributed by atoms with van der Waals surface area (Å²) in [5.74, 6) is 0.0434. The van der Waals surface area contributed by atoms with Gasteiger partial charge in [-0.25, -0.2) is 0 Å². The van der Waals surface area contributed by atoms with E-state index in [1.54, 1.807) is 19.0 Å². The molecule has 0 radical (unpaired) electrons. The normalized spacial score (nSPS) is 12.0. The summed E-state index contributed by atoms with van der Waals surface area (Å²) in [6, 6.07) is 5.37. The van der Waals surface area contributed by atoms with Crippen LogP contribution < -0.4 is 11.1 Å². The van der Waals surface area contributed by atoms with Crippen molar-refractivity contribution in [3.63, 3.8) is 0 Å². The molecule has 1 rings (SSSR count). The Labute approximate surface area is 96.4 Å². The van der Waals surface area contributed by atoms with Crippen LogP contribution in [0.3, 0.4) is 0 Å². The second kappa shape index (κ2) is 4.88. The molecule has 0 aliphatic rings. The molecule has 4 heteroatoms. The molecule has 0 aromatic heterocycles. The summed E-state index contributed by atoms with van der Waals surface area (Å²) in [6.45, 7) is 3.82. The van der Waals surface area contributed by atoms with Crippen LogP contribution in [0.1, 0.15) is 12.5 Å². The van der Waals surface area contributed by atoms with Gasteiger partial charge in [-0.1, -0.05) is 6.07 Å². The van der Waals surface area contributed by atoms with Crippen LogP contribution in [0, 0.1) is 6.92 Å². The number of nitrogens with zero attached hydrogens (tertiary/aromatic N) is 1. The van der Waals surface area contributed by atoms with Crippen molar-refractivity contribution in [3.8, 4) is 0 Å². The van der Waals surface area contributed by atoms with Gasteiger partial charge in [0.15, 0.2) is 0 Å². The van der Waals surface area contributed by atoms with Gasteiger partial charge in [-0.2, -0.15) is 0 Å². The monoisotopic (exact) mass is 221 g/mol. The SMILES string of the molecule is Cc1ccc(N)cc1NC(C)C(=O)N(C)C. The zero-order valence-corrected chi connectivity index (χ0v) is 10.2. The van der Waals surface area contributed by atoms with Crippen molar-refractivity contribution >= 4 is 17.3 Å². The van der Waals surface area contributed by atoms with Crippen molar-refractivity contribution in [2.75, 3.05) is 25.1 Å². The average Bonchev–Trinajstić information content (AvgIpc) is 2.22. The predicted molar refractivity (Wildman–Crippen MR) is 67.4 cm³/mol. The maximum atomic E-state index is 11.7. The number of nitrogen functional groups attached to an aromatic ring is 1. The van der Waals surface area contributed by atoms with Gasteiger partial charge in [0.05, 0.1) is 0 Å². The van der Waals surface area contributed by atoms with Gasteiger partial charge in [-0.3, -0.25) is 4.79 Å². The summed E-state index contributed by atoms with van der Waals surface area (Å²) in [4.78, 5) is 13.2. The number of likely N-dealkylation sites (N-methyl/N-ethyl adjacent to an activating group) is 1. The number of amides is 1. The van der Waals surface area contributed by atoms with Crippen molar-refractivity contribution in [2.45, 2.75) is 19.9 Å². The molecule has 0 spiro atoms. The number of benzene rings is 1. The van der Waals surface area contributed by atoms with Crippen molar-refractivity contribution in [2.24, 2.45) is 0 Å². The number of nitrogens with one attached hydrogen (secondary N) is 1. The summed E-state index contributed by atoms with van der Waals surface area (Å²) in [6.07, 6.45) is 0. The fraction of sp³-hybridized carbons (Fsp3) is 0.417. The fourth-order valence-corrected chi connectivity index (χ4v) is 1.48. The van der Waals surface area contributed by atoms with E-state index in [-0.39, 0.29) is 11.9 Å². The summed E-state index contributed by atoms with van der Waals surface area (Å²) in [5, 5.41) is 3.16. The van der Waals surface area contributed by atoms with E-state index in [9.17, 15) is 4.79 Å². The third-order valence-corrected chi connectivity index (χ3v) is 2.44. The van der Waals surface area contributed by atoms with Gasteiger partial charge in [0.25, 0.3) is 0 Å². The highest BCUT2D eigenvalue weighted by Gasteiger charge is 2.14. The van der Waals surface area contributed by atoms with Gasteiger partial charge in [-0.05, 0) is 31.5 Å². The maximum absolute atomic E-state index is 11.7. The summed E-state index contributed by atoms with van der Waals surface area (Å²) in [5.41, 5.74) is 8.38. The lowest BCUT2D eigenvalue weighted by Crippen LogP contribution is -2.36. The van der Waals surface area contributed by atoms with Crippen molar-refractivity contribution < 1.29 is 4.79 Å². The highest BCUT2D eigenvalue weighted by atomic mass is 16.2. The molecule has 1 atom stereocenters. The Morgan fingerprint density at radius 1 is 1.44 bits per heavy atom. The van der Waals surface area contributed by atoms with Crippen LogP contribution in [-0.2, 0) is 4.79 Å². The first-order chi connectivity index (χ1) is 7.41. The van der Waals surface area contributed by atoms with Gasteiger partial charge >= 0.3 is 0 Å². The minimum Gasteiger partial charge on any atom is -0.399 e. The summed E-state index contributed by atoms with van der Waals surface area (Å²) in [7, 11) is 3.49. The Hall–Kier alpha value is -1.71. The Morgan fingerprint density at radius 3 is 2.62 bits per heavy atom. The number of carbonyl (C=O) groups is 1. The van der Waals surface area contributed by atoms with E-state index in [0.717, 1.165) is 11.3 Å². The van der Waals surface area contributed by atoms with Crippen LogP contribution in [0.15, 0.2) is 18.2 Å². The number of aryl methyl sites for hydroxylation is 1. The standard InChI is InChI=1S/C12H19N3O/c1-8-5-6-10(13)7-11(8)14-9(2)12(16)15(3)4/h5-7,9,14H,13H2,1-4H3. The molecule has 0 aliphatic carbocycles. The molecule has 0 heterocycles.